The van der Waals surface area contributed by atoms with Crippen LogP contribution in [0.25, 0.3) is 6.08 Å². The molecule has 1 aromatic rings. The number of nitrogens with zero attached hydrogens (tertiary/aromatic N) is 4. The molecule has 1 rings (SSSR count). The van der Waals surface area contributed by atoms with Crippen LogP contribution in [-0.2, 0) is 7.05 Å². The number of hydrogen-bond donors (Lipinski definition) is 0. The molecule has 0 bridgehead atoms. The monoisotopic (exact) mass is 298 g/mol. The number of rotatable bonds is 9. The zero-order valence-electron chi connectivity index (χ0n) is 13.9. The lowest BCUT2D eigenvalue weighted by atomic mass is 10.1. The van der Waals surface area contributed by atoms with E-state index in [9.17, 15) is 0 Å². The minimum atomic E-state index is 0.558. The number of aliphatic imine (C=N–C) groups is 1. The molecular formula is C18H26N4. The third-order valence-electron chi connectivity index (χ3n) is 3.46. The highest BCUT2D eigenvalue weighted by Gasteiger charge is 2.09. The molecule has 0 aliphatic carbocycles. The fraction of sp³-hybridized carbons (Fsp3) is 0.333. The molecule has 4 nitrogen and oxygen atoms in total. The van der Waals surface area contributed by atoms with Gasteiger partial charge < -0.3 is 9.47 Å². The van der Waals surface area contributed by atoms with Crippen molar-refractivity contribution < 1.29 is 0 Å². The van der Waals surface area contributed by atoms with Crippen LogP contribution >= 0.6 is 0 Å². The van der Waals surface area contributed by atoms with E-state index in [2.05, 4.69) is 48.5 Å². The van der Waals surface area contributed by atoms with Crippen molar-refractivity contribution in [1.29, 1.82) is 0 Å². The van der Waals surface area contributed by atoms with E-state index in [1.807, 2.05) is 17.7 Å². The molecule has 1 heterocycles. The van der Waals surface area contributed by atoms with E-state index in [1.54, 1.807) is 24.7 Å². The number of allylic oxidation sites excluding steroid dienone is 3. The predicted molar refractivity (Wildman–Crippen MR) is 95.9 cm³/mol. The normalized spacial score (nSPS) is 11.7. The Morgan fingerprint density at radius 2 is 2.14 bits per heavy atom. The fourth-order valence-corrected chi connectivity index (χ4v) is 2.12. The summed E-state index contributed by atoms with van der Waals surface area (Å²) in [6.07, 6.45) is 10.0. The molecule has 0 saturated heterocycles. The zero-order valence-corrected chi connectivity index (χ0v) is 13.9. The van der Waals surface area contributed by atoms with E-state index >= 15 is 0 Å². The van der Waals surface area contributed by atoms with Crippen LogP contribution in [-0.4, -0.2) is 33.9 Å². The lowest BCUT2D eigenvalue weighted by Gasteiger charge is -2.25. The SMILES string of the molecule is C=C/C=C(\C(=C)CC)N(CC)CN=Cc1ncn(C)c1C=C. The third kappa shape index (κ3) is 4.32. The van der Waals surface area contributed by atoms with E-state index in [4.69, 9.17) is 0 Å². The Hall–Kier alpha value is -2.36. The lowest BCUT2D eigenvalue weighted by Crippen LogP contribution is -2.24. The molecule has 0 spiro atoms. The summed E-state index contributed by atoms with van der Waals surface area (Å²) < 4.78 is 1.92. The summed E-state index contributed by atoms with van der Waals surface area (Å²) in [5.41, 5.74) is 3.97. The second kappa shape index (κ2) is 8.82. The van der Waals surface area contributed by atoms with Gasteiger partial charge in [0, 0.05) is 19.3 Å². The van der Waals surface area contributed by atoms with E-state index in [0.29, 0.717) is 6.67 Å². The van der Waals surface area contributed by atoms with Crippen molar-refractivity contribution in [2.75, 3.05) is 13.2 Å². The highest BCUT2D eigenvalue weighted by Crippen LogP contribution is 2.17. The van der Waals surface area contributed by atoms with E-state index in [1.165, 1.54) is 0 Å². The molecule has 22 heavy (non-hydrogen) atoms. The van der Waals surface area contributed by atoms with E-state index < -0.39 is 0 Å². The van der Waals surface area contributed by atoms with Crippen LogP contribution in [0.15, 0.2) is 54.5 Å². The molecule has 0 unspecified atom stereocenters. The number of hydrogen-bond acceptors (Lipinski definition) is 3. The van der Waals surface area contributed by atoms with Crippen LogP contribution in [0.2, 0.25) is 0 Å². The zero-order chi connectivity index (χ0) is 16.5. The molecule has 0 radical (unpaired) electrons. The van der Waals surface area contributed by atoms with Crippen LogP contribution in [0.4, 0.5) is 0 Å². The maximum atomic E-state index is 4.52. The van der Waals surface area contributed by atoms with Gasteiger partial charge >= 0.3 is 0 Å². The lowest BCUT2D eigenvalue weighted by molar-refractivity contribution is 0.381. The van der Waals surface area contributed by atoms with Crippen LogP contribution in [0.1, 0.15) is 31.7 Å². The van der Waals surface area contributed by atoms with Crippen LogP contribution in [0.3, 0.4) is 0 Å². The van der Waals surface area contributed by atoms with Crippen molar-refractivity contribution in [2.24, 2.45) is 12.0 Å². The van der Waals surface area contributed by atoms with Gasteiger partial charge in [-0.2, -0.15) is 0 Å². The Morgan fingerprint density at radius 1 is 1.41 bits per heavy atom. The Balaban J connectivity index is 2.88. The average molecular weight is 298 g/mol. The summed E-state index contributed by atoms with van der Waals surface area (Å²) >= 11 is 0. The molecule has 4 heteroatoms. The van der Waals surface area contributed by atoms with Crippen LogP contribution < -0.4 is 0 Å². The molecule has 0 atom stereocenters. The van der Waals surface area contributed by atoms with Gasteiger partial charge in [-0.25, -0.2) is 4.98 Å². The summed E-state index contributed by atoms with van der Waals surface area (Å²) in [5.74, 6) is 0. The second-order valence-corrected chi connectivity index (χ2v) is 4.88. The van der Waals surface area contributed by atoms with Crippen LogP contribution in [0, 0.1) is 0 Å². The van der Waals surface area contributed by atoms with Crippen LogP contribution in [0.5, 0.6) is 0 Å². The number of aryl methyl sites for hydroxylation is 1. The second-order valence-electron chi connectivity index (χ2n) is 4.88. The molecular weight excluding hydrogens is 272 g/mol. The minimum absolute atomic E-state index is 0.558. The summed E-state index contributed by atoms with van der Waals surface area (Å²) in [7, 11) is 1.94. The molecule has 0 aromatic carbocycles. The quantitative estimate of drug-likeness (QED) is 0.513. The van der Waals surface area contributed by atoms with Gasteiger partial charge in [-0.1, -0.05) is 32.7 Å². The molecule has 118 valence electrons. The average Bonchev–Trinajstić information content (AvgIpc) is 2.89. The van der Waals surface area contributed by atoms with Gasteiger partial charge in [0.15, 0.2) is 0 Å². The molecule has 0 amide bonds. The molecule has 0 aliphatic rings. The van der Waals surface area contributed by atoms with Gasteiger partial charge in [-0.3, -0.25) is 4.99 Å². The van der Waals surface area contributed by atoms with Gasteiger partial charge in [-0.15, -0.1) is 0 Å². The maximum absolute atomic E-state index is 4.52. The summed E-state index contributed by atoms with van der Waals surface area (Å²) in [5, 5.41) is 0. The molecule has 0 fully saturated rings. The van der Waals surface area contributed by atoms with Gasteiger partial charge in [0.2, 0.25) is 0 Å². The minimum Gasteiger partial charge on any atom is -0.352 e. The largest absolute Gasteiger partial charge is 0.352 e. The first-order valence-electron chi connectivity index (χ1n) is 7.48. The van der Waals surface area contributed by atoms with Crippen molar-refractivity contribution >= 4 is 12.3 Å². The van der Waals surface area contributed by atoms with Crippen molar-refractivity contribution in [2.45, 2.75) is 20.3 Å². The fourth-order valence-electron chi connectivity index (χ4n) is 2.12. The third-order valence-corrected chi connectivity index (χ3v) is 3.46. The summed E-state index contributed by atoms with van der Waals surface area (Å²) in [6, 6.07) is 0. The first-order valence-corrected chi connectivity index (χ1v) is 7.48. The Kier molecular flexibility index (Phi) is 7.09. The van der Waals surface area contributed by atoms with Gasteiger partial charge in [0.25, 0.3) is 0 Å². The first-order chi connectivity index (χ1) is 10.6. The molecule has 1 aromatic heterocycles. The summed E-state index contributed by atoms with van der Waals surface area (Å²) in [4.78, 5) is 11.0. The Bertz CT molecular complexity index is 590. The Labute approximate surface area is 133 Å². The van der Waals surface area contributed by atoms with E-state index in [-0.39, 0.29) is 0 Å². The van der Waals surface area contributed by atoms with Gasteiger partial charge in [-0.05, 0) is 31.1 Å². The van der Waals surface area contributed by atoms with E-state index in [0.717, 1.165) is 35.6 Å². The smallest absolute Gasteiger partial charge is 0.110 e. The van der Waals surface area contributed by atoms with Crippen molar-refractivity contribution in [3.63, 3.8) is 0 Å². The molecule has 0 N–H and O–H groups in total. The highest BCUT2D eigenvalue weighted by atomic mass is 15.2. The highest BCUT2D eigenvalue weighted by molar-refractivity contribution is 5.81. The number of imidazole rings is 1. The maximum Gasteiger partial charge on any atom is 0.110 e. The van der Waals surface area contributed by atoms with Crippen molar-refractivity contribution in [3.8, 4) is 0 Å². The standard InChI is InChI=1S/C18H26N4/c1-7-11-18(15(5)8-2)22(10-4)13-19-12-16-17(9-3)21(6)14-20-16/h7,9,11-12,14H,1,3,5,8,10,13H2,2,4,6H3/b18-11+,19-12?. The predicted octanol–water partition coefficient (Wildman–Crippen LogP) is 3.80. The van der Waals surface area contributed by atoms with Gasteiger partial charge in [0.05, 0.1) is 18.2 Å². The summed E-state index contributed by atoms with van der Waals surface area (Å²) in [6.45, 7) is 17.3. The Morgan fingerprint density at radius 3 is 2.68 bits per heavy atom. The van der Waals surface area contributed by atoms with Gasteiger partial charge in [0.1, 0.15) is 12.4 Å². The van der Waals surface area contributed by atoms with Crippen molar-refractivity contribution in [1.82, 2.24) is 14.5 Å². The first kappa shape index (κ1) is 17.7. The topological polar surface area (TPSA) is 33.4 Å². The number of aromatic nitrogens is 2. The molecule has 0 aliphatic heterocycles. The van der Waals surface area contributed by atoms with Crippen molar-refractivity contribution in [3.05, 3.63) is 60.9 Å². The molecule has 0 saturated carbocycles. The number of likely N-dealkylation sites (N-methyl/N-ethyl adjacent to an activating group) is 1.